The normalized spacial score (nSPS) is 29.0. The largest absolute Gasteiger partial charge is 0.493 e. The van der Waals surface area contributed by atoms with Gasteiger partial charge in [0.15, 0.2) is 6.10 Å². The molecule has 3 aliphatic heterocycles. The Morgan fingerprint density at radius 1 is 1.06 bits per heavy atom. The summed E-state index contributed by atoms with van der Waals surface area (Å²) in [7, 11) is 0. The number of piperidine rings is 3. The topological polar surface area (TPSA) is 68.9 Å². The van der Waals surface area contributed by atoms with E-state index in [0.29, 0.717) is 18.3 Å². The molecular formula is C27H36NO5+. The van der Waals surface area contributed by atoms with Gasteiger partial charge < -0.3 is 23.5 Å². The molecule has 33 heavy (non-hydrogen) atoms. The van der Waals surface area contributed by atoms with Gasteiger partial charge in [-0.2, -0.15) is 0 Å². The molecule has 2 bridgehead atoms. The van der Waals surface area contributed by atoms with E-state index < -0.39 is 11.6 Å². The highest BCUT2D eigenvalue weighted by Crippen LogP contribution is 2.43. The molecule has 0 unspecified atom stereocenters. The fourth-order valence-corrected chi connectivity index (χ4v) is 6.31. The monoisotopic (exact) mass is 454 g/mol. The molecule has 1 N–H and O–H groups in total. The van der Waals surface area contributed by atoms with Gasteiger partial charge in [0.2, 0.25) is 5.60 Å². The number of ether oxygens (including phenoxy) is 2. The van der Waals surface area contributed by atoms with E-state index >= 15 is 0 Å². The summed E-state index contributed by atoms with van der Waals surface area (Å²) < 4.78 is 18.5. The van der Waals surface area contributed by atoms with Gasteiger partial charge in [0.05, 0.1) is 32.5 Å². The summed E-state index contributed by atoms with van der Waals surface area (Å²) in [5, 5.41) is 11.6. The number of benzene rings is 1. The molecule has 6 heteroatoms. The average molecular weight is 455 g/mol. The van der Waals surface area contributed by atoms with E-state index in [1.165, 1.54) is 6.26 Å². The van der Waals surface area contributed by atoms with Gasteiger partial charge in [-0.15, -0.1) is 0 Å². The van der Waals surface area contributed by atoms with Gasteiger partial charge >= 0.3 is 5.97 Å². The molecule has 178 valence electrons. The van der Waals surface area contributed by atoms with Gasteiger partial charge in [-0.1, -0.05) is 31.0 Å². The highest BCUT2D eigenvalue weighted by atomic mass is 16.6. The van der Waals surface area contributed by atoms with Gasteiger partial charge in [-0.3, -0.25) is 0 Å². The zero-order valence-corrected chi connectivity index (χ0v) is 19.4. The summed E-state index contributed by atoms with van der Waals surface area (Å²) in [5.74, 6) is 0.955. The molecule has 1 aliphatic carbocycles. The number of hydrogen-bond donors (Lipinski definition) is 1. The Balaban J connectivity index is 1.22. The number of carbonyl (C=O) groups is 1. The van der Waals surface area contributed by atoms with Gasteiger partial charge in [0.1, 0.15) is 18.1 Å². The SMILES string of the molecule is O=C(O[C@@H]1C[N+]2(CCCOc3ccccc3)CCC1CC2)[C@](O)(c1ccco1)C1CCCC1. The van der Waals surface area contributed by atoms with Crippen LogP contribution in [0.1, 0.15) is 50.7 Å². The van der Waals surface area contributed by atoms with Gasteiger partial charge in [0.25, 0.3) is 0 Å². The van der Waals surface area contributed by atoms with Gasteiger partial charge in [0, 0.05) is 31.1 Å². The van der Waals surface area contributed by atoms with Crippen molar-refractivity contribution in [3.05, 3.63) is 54.5 Å². The van der Waals surface area contributed by atoms with Crippen molar-refractivity contribution in [1.29, 1.82) is 0 Å². The minimum atomic E-state index is -1.68. The summed E-state index contributed by atoms with van der Waals surface area (Å²) in [6.07, 6.45) is 8.19. The van der Waals surface area contributed by atoms with Crippen molar-refractivity contribution in [2.45, 2.75) is 56.7 Å². The maximum atomic E-state index is 13.5. The number of furan rings is 1. The van der Waals surface area contributed by atoms with E-state index in [4.69, 9.17) is 13.9 Å². The Labute approximate surface area is 196 Å². The van der Waals surface area contributed by atoms with Crippen molar-refractivity contribution >= 4 is 5.97 Å². The molecular weight excluding hydrogens is 418 g/mol. The van der Waals surface area contributed by atoms with Crippen molar-refractivity contribution in [3.8, 4) is 5.75 Å². The summed E-state index contributed by atoms with van der Waals surface area (Å²) in [6.45, 7) is 4.82. The lowest BCUT2D eigenvalue weighted by molar-refractivity contribution is -0.946. The summed E-state index contributed by atoms with van der Waals surface area (Å²) in [4.78, 5) is 13.5. The molecule has 4 heterocycles. The van der Waals surface area contributed by atoms with Crippen LogP contribution in [-0.4, -0.2) is 54.4 Å². The second kappa shape index (κ2) is 9.51. The molecule has 0 amide bonds. The fourth-order valence-electron chi connectivity index (χ4n) is 6.31. The van der Waals surface area contributed by atoms with Crippen LogP contribution >= 0.6 is 0 Å². The van der Waals surface area contributed by atoms with Crippen molar-refractivity contribution < 1.29 is 28.3 Å². The van der Waals surface area contributed by atoms with E-state index in [9.17, 15) is 9.90 Å². The molecule has 0 spiro atoms. The van der Waals surface area contributed by atoms with Crippen LogP contribution in [0.3, 0.4) is 0 Å². The van der Waals surface area contributed by atoms with Crippen LogP contribution in [0.5, 0.6) is 5.75 Å². The van der Waals surface area contributed by atoms with Crippen molar-refractivity contribution in [3.63, 3.8) is 0 Å². The molecule has 1 aromatic heterocycles. The van der Waals surface area contributed by atoms with Gasteiger partial charge in [-0.25, -0.2) is 4.79 Å². The number of carbonyl (C=O) groups excluding carboxylic acids is 1. The van der Waals surface area contributed by atoms with Crippen molar-refractivity contribution in [2.24, 2.45) is 11.8 Å². The van der Waals surface area contributed by atoms with Crippen molar-refractivity contribution in [2.75, 3.05) is 32.8 Å². The standard InChI is InChI=1S/C27H36NO5/c29-26(27(30,22-8-4-5-9-22)25-12-6-18-32-25)33-24-20-28(16-13-21(24)14-17-28)15-7-19-31-23-10-2-1-3-11-23/h1-3,6,10-12,18,21-22,24,30H,4-5,7-9,13-17,19-20H2/q+1/t21?,24-,27-,28?/m1/s1. The first-order chi connectivity index (χ1) is 16.1. The Hall–Kier alpha value is -2.31. The lowest BCUT2D eigenvalue weighted by atomic mass is 9.81. The number of nitrogens with zero attached hydrogens (tertiary/aromatic N) is 1. The number of hydrogen-bond acceptors (Lipinski definition) is 5. The van der Waals surface area contributed by atoms with E-state index in [-0.39, 0.29) is 12.0 Å². The highest BCUT2D eigenvalue weighted by Gasteiger charge is 2.53. The van der Waals surface area contributed by atoms with E-state index in [1.807, 2.05) is 30.3 Å². The molecule has 1 saturated carbocycles. The van der Waals surface area contributed by atoms with E-state index in [1.54, 1.807) is 12.1 Å². The Morgan fingerprint density at radius 3 is 2.52 bits per heavy atom. The second-order valence-electron chi connectivity index (χ2n) is 10.2. The lowest BCUT2D eigenvalue weighted by Gasteiger charge is -2.52. The number of aliphatic hydroxyl groups is 1. The van der Waals surface area contributed by atoms with Crippen LogP contribution in [0.4, 0.5) is 0 Å². The second-order valence-corrected chi connectivity index (χ2v) is 10.2. The first-order valence-electron chi connectivity index (χ1n) is 12.6. The third-order valence-corrected chi connectivity index (χ3v) is 8.24. The molecule has 4 fully saturated rings. The van der Waals surface area contributed by atoms with Crippen LogP contribution in [0, 0.1) is 11.8 Å². The molecule has 4 aliphatic rings. The summed E-state index contributed by atoms with van der Waals surface area (Å²) >= 11 is 0. The van der Waals surface area contributed by atoms with E-state index in [0.717, 1.165) is 81.4 Å². The molecule has 2 atom stereocenters. The predicted molar refractivity (Wildman–Crippen MR) is 123 cm³/mol. The summed E-state index contributed by atoms with van der Waals surface area (Å²) in [5.41, 5.74) is -1.68. The zero-order chi connectivity index (χ0) is 22.7. The number of rotatable bonds is 9. The maximum Gasteiger partial charge on any atom is 0.346 e. The van der Waals surface area contributed by atoms with Crippen LogP contribution < -0.4 is 4.74 Å². The van der Waals surface area contributed by atoms with Crippen LogP contribution in [0.25, 0.3) is 0 Å². The number of para-hydroxylation sites is 1. The molecule has 1 aromatic carbocycles. The van der Waals surface area contributed by atoms with Crippen LogP contribution in [0.2, 0.25) is 0 Å². The third kappa shape index (κ3) is 4.56. The Morgan fingerprint density at radius 2 is 1.82 bits per heavy atom. The minimum Gasteiger partial charge on any atom is -0.493 e. The Bertz CT molecular complexity index is 900. The maximum absolute atomic E-state index is 13.5. The highest BCUT2D eigenvalue weighted by molar-refractivity contribution is 5.81. The van der Waals surface area contributed by atoms with Crippen molar-refractivity contribution in [1.82, 2.24) is 0 Å². The Kier molecular flexibility index (Phi) is 6.48. The average Bonchev–Trinajstić information content (AvgIpc) is 3.58. The first-order valence-corrected chi connectivity index (χ1v) is 12.6. The number of quaternary nitrogens is 1. The fraction of sp³-hybridized carbons (Fsp3) is 0.593. The van der Waals surface area contributed by atoms with Gasteiger partial charge in [-0.05, 0) is 37.1 Å². The number of esters is 1. The van der Waals surface area contributed by atoms with Crippen LogP contribution in [0.15, 0.2) is 53.1 Å². The molecule has 3 saturated heterocycles. The quantitative estimate of drug-likeness (QED) is 0.348. The lowest BCUT2D eigenvalue weighted by Crippen LogP contribution is -2.65. The smallest absolute Gasteiger partial charge is 0.346 e. The minimum absolute atomic E-state index is 0.141. The van der Waals surface area contributed by atoms with E-state index in [2.05, 4.69) is 0 Å². The summed E-state index contributed by atoms with van der Waals surface area (Å²) in [6, 6.07) is 13.4. The molecule has 6 nitrogen and oxygen atoms in total. The molecule has 2 aromatic rings. The predicted octanol–water partition coefficient (Wildman–Crippen LogP) is 4.28. The first kappa shape index (κ1) is 22.5. The third-order valence-electron chi connectivity index (χ3n) is 8.24. The molecule has 0 radical (unpaired) electrons. The molecule has 6 rings (SSSR count). The zero-order valence-electron chi connectivity index (χ0n) is 19.4. The van der Waals surface area contributed by atoms with Crippen LogP contribution in [-0.2, 0) is 15.1 Å². The number of fused-ring (bicyclic) bond motifs is 3.